The molecule has 2 atom stereocenters. The molecular formula is C25H29N5O4. The Morgan fingerprint density at radius 1 is 1.29 bits per heavy atom. The average molecular weight is 464 g/mol. The van der Waals surface area contributed by atoms with Crippen LogP contribution in [-0.4, -0.2) is 43.2 Å². The number of fused-ring (bicyclic) bond motifs is 2. The summed E-state index contributed by atoms with van der Waals surface area (Å²) in [6.07, 6.45) is 8.04. The molecule has 0 radical (unpaired) electrons. The Morgan fingerprint density at radius 3 is 2.71 bits per heavy atom. The van der Waals surface area contributed by atoms with Gasteiger partial charge < -0.3 is 19.4 Å². The number of nitrogens with one attached hydrogen (secondary N) is 1. The summed E-state index contributed by atoms with van der Waals surface area (Å²) < 4.78 is 15.3. The van der Waals surface area contributed by atoms with Gasteiger partial charge in [0, 0.05) is 30.0 Å². The van der Waals surface area contributed by atoms with E-state index in [4.69, 9.17) is 14.5 Å². The SMILES string of the molecule is CC(C)Oc1nc2nc(C34COC(C)(C3)C4)cn2cc1C(=O)Nc1cccn([C@@H]2C[C@H]2C)c1=O. The lowest BCUT2D eigenvalue weighted by Gasteiger charge is -2.41. The zero-order chi connectivity index (χ0) is 23.8. The van der Waals surface area contributed by atoms with E-state index in [0.29, 0.717) is 18.3 Å². The predicted octanol–water partition coefficient (Wildman–Crippen LogP) is 3.33. The molecule has 2 aliphatic heterocycles. The van der Waals surface area contributed by atoms with E-state index < -0.39 is 5.91 Å². The van der Waals surface area contributed by atoms with Gasteiger partial charge in [-0.3, -0.25) is 14.0 Å². The summed E-state index contributed by atoms with van der Waals surface area (Å²) in [4.78, 5) is 35.6. The largest absolute Gasteiger partial charge is 0.474 e. The molecular weight excluding hydrogens is 434 g/mol. The predicted molar refractivity (Wildman–Crippen MR) is 125 cm³/mol. The van der Waals surface area contributed by atoms with Crippen LogP contribution in [-0.2, 0) is 10.2 Å². The van der Waals surface area contributed by atoms with E-state index in [-0.39, 0.29) is 45.9 Å². The minimum atomic E-state index is -0.447. The van der Waals surface area contributed by atoms with Crippen LogP contribution in [0.25, 0.3) is 5.78 Å². The van der Waals surface area contributed by atoms with Gasteiger partial charge in [-0.25, -0.2) is 4.98 Å². The number of hydrogen-bond donors (Lipinski definition) is 1. The summed E-state index contributed by atoms with van der Waals surface area (Å²) in [5.74, 6) is 0.692. The molecule has 3 aromatic heterocycles. The van der Waals surface area contributed by atoms with Gasteiger partial charge in [0.2, 0.25) is 11.7 Å². The maximum Gasteiger partial charge on any atom is 0.274 e. The summed E-state index contributed by atoms with van der Waals surface area (Å²) in [5.41, 5.74) is 1.07. The quantitative estimate of drug-likeness (QED) is 0.602. The topological polar surface area (TPSA) is 99.8 Å². The lowest BCUT2D eigenvalue weighted by molar-refractivity contribution is 0.0154. The van der Waals surface area contributed by atoms with Gasteiger partial charge in [0.05, 0.1) is 24.0 Å². The van der Waals surface area contributed by atoms with Crippen LogP contribution in [0.1, 0.15) is 69.1 Å². The number of pyridine rings is 1. The van der Waals surface area contributed by atoms with Gasteiger partial charge in [-0.2, -0.15) is 4.98 Å². The Labute approximate surface area is 197 Å². The highest BCUT2D eigenvalue weighted by Gasteiger charge is 2.61. The van der Waals surface area contributed by atoms with Crippen LogP contribution >= 0.6 is 0 Å². The summed E-state index contributed by atoms with van der Waals surface area (Å²) in [6.45, 7) is 8.64. The molecule has 34 heavy (non-hydrogen) atoms. The highest BCUT2D eigenvalue weighted by molar-refractivity contribution is 6.05. The zero-order valence-electron chi connectivity index (χ0n) is 19.9. The van der Waals surface area contributed by atoms with Crippen molar-refractivity contribution in [3.8, 4) is 5.88 Å². The minimum absolute atomic E-state index is 0.0545. The third-order valence-electron chi connectivity index (χ3n) is 7.32. The van der Waals surface area contributed by atoms with E-state index in [2.05, 4.69) is 24.1 Å². The van der Waals surface area contributed by atoms with E-state index in [1.807, 2.05) is 20.0 Å². The second kappa shape index (κ2) is 7.15. The van der Waals surface area contributed by atoms with Gasteiger partial charge in [-0.1, -0.05) is 6.92 Å². The van der Waals surface area contributed by atoms with Crippen molar-refractivity contribution in [1.29, 1.82) is 0 Å². The third kappa shape index (κ3) is 3.33. The maximum atomic E-state index is 13.3. The Kier molecular flexibility index (Phi) is 4.49. The van der Waals surface area contributed by atoms with Crippen molar-refractivity contribution in [2.24, 2.45) is 5.92 Å². The molecule has 9 nitrogen and oxygen atoms in total. The van der Waals surface area contributed by atoms with Crippen LogP contribution in [0.4, 0.5) is 5.69 Å². The van der Waals surface area contributed by atoms with Crippen LogP contribution in [0, 0.1) is 5.92 Å². The van der Waals surface area contributed by atoms with Crippen molar-refractivity contribution in [3.63, 3.8) is 0 Å². The van der Waals surface area contributed by atoms with Crippen LogP contribution in [0.3, 0.4) is 0 Å². The van der Waals surface area contributed by atoms with Gasteiger partial charge in [0.25, 0.3) is 11.5 Å². The van der Waals surface area contributed by atoms with E-state index >= 15 is 0 Å². The Morgan fingerprint density at radius 2 is 2.06 bits per heavy atom. The lowest BCUT2D eigenvalue weighted by atomic mass is 9.62. The van der Waals surface area contributed by atoms with Gasteiger partial charge >= 0.3 is 0 Å². The van der Waals surface area contributed by atoms with Crippen LogP contribution in [0.15, 0.2) is 35.5 Å². The van der Waals surface area contributed by atoms with Gasteiger partial charge in [-0.05, 0) is 58.1 Å². The number of anilines is 1. The highest BCUT2D eigenvalue weighted by atomic mass is 16.5. The highest BCUT2D eigenvalue weighted by Crippen LogP contribution is 2.58. The molecule has 178 valence electrons. The van der Waals surface area contributed by atoms with E-state index in [0.717, 1.165) is 25.0 Å². The number of rotatable bonds is 6. The van der Waals surface area contributed by atoms with Crippen LogP contribution in [0.5, 0.6) is 5.88 Å². The standard InChI is InChI=1S/C25H29N5O4/c1-14(2)34-21-16(20(31)26-17-6-5-7-30(22(17)32)18-8-15(18)3)9-29-10-19(27-23(29)28-21)25-11-24(4,12-25)33-13-25/h5-7,9-10,14-15,18H,8,11-13H2,1-4H3,(H,26,31)/t15-,18-,24?,25?/m1/s1. The first-order valence-electron chi connectivity index (χ1n) is 11.9. The average Bonchev–Trinajstić information content (AvgIpc) is 3.08. The van der Waals surface area contributed by atoms with Gasteiger partial charge in [-0.15, -0.1) is 0 Å². The van der Waals surface area contributed by atoms with E-state index in [9.17, 15) is 9.59 Å². The summed E-state index contributed by atoms with van der Waals surface area (Å²) >= 11 is 0. The molecule has 9 heteroatoms. The first-order valence-corrected chi connectivity index (χ1v) is 11.9. The molecule has 1 amide bonds. The molecule has 1 N–H and O–H groups in total. The Balaban J connectivity index is 1.35. The fourth-order valence-corrected chi connectivity index (χ4v) is 5.53. The molecule has 5 heterocycles. The fourth-order valence-electron chi connectivity index (χ4n) is 5.53. The van der Waals surface area contributed by atoms with Crippen molar-refractivity contribution >= 4 is 17.4 Å². The summed E-state index contributed by atoms with van der Waals surface area (Å²) in [5, 5.41) is 2.78. The number of aromatic nitrogens is 4. The molecule has 2 bridgehead atoms. The molecule has 2 saturated carbocycles. The maximum absolute atomic E-state index is 13.3. The molecule has 2 saturated heterocycles. The van der Waals surface area contributed by atoms with Gasteiger partial charge in [0.15, 0.2) is 0 Å². The molecule has 0 unspecified atom stereocenters. The number of nitrogens with zero attached hydrogens (tertiary/aromatic N) is 4. The number of carbonyl (C=O) groups is 1. The van der Waals surface area contributed by atoms with Gasteiger partial charge in [0.1, 0.15) is 11.3 Å². The van der Waals surface area contributed by atoms with E-state index in [1.54, 1.807) is 33.5 Å². The number of carbonyl (C=O) groups excluding carboxylic acids is 1. The number of imidazole rings is 1. The molecule has 0 aromatic carbocycles. The minimum Gasteiger partial charge on any atom is -0.474 e. The zero-order valence-corrected chi connectivity index (χ0v) is 19.9. The molecule has 0 spiro atoms. The summed E-state index contributed by atoms with van der Waals surface area (Å²) in [7, 11) is 0. The number of amides is 1. The lowest BCUT2D eigenvalue weighted by Crippen LogP contribution is -2.45. The van der Waals surface area contributed by atoms with Crippen molar-refractivity contribution in [3.05, 3.63) is 52.3 Å². The van der Waals surface area contributed by atoms with Crippen molar-refractivity contribution in [2.45, 2.75) is 70.1 Å². The normalized spacial score (nSPS) is 29.3. The molecule has 3 aromatic rings. The van der Waals surface area contributed by atoms with Crippen LogP contribution < -0.4 is 15.6 Å². The first kappa shape index (κ1) is 21.3. The second-order valence-corrected chi connectivity index (χ2v) is 10.7. The van der Waals surface area contributed by atoms with Crippen molar-refractivity contribution in [1.82, 2.24) is 18.9 Å². The number of hydrogen-bond acceptors (Lipinski definition) is 6. The monoisotopic (exact) mass is 463 g/mol. The summed E-state index contributed by atoms with van der Waals surface area (Å²) in [6, 6.07) is 3.60. The Bertz CT molecular complexity index is 1370. The van der Waals surface area contributed by atoms with Crippen LogP contribution in [0.2, 0.25) is 0 Å². The van der Waals surface area contributed by atoms with Crippen molar-refractivity contribution in [2.75, 3.05) is 11.9 Å². The smallest absolute Gasteiger partial charge is 0.274 e. The fraction of sp³-hybridized carbons (Fsp3) is 0.520. The number of ether oxygens (including phenoxy) is 2. The molecule has 4 aliphatic rings. The molecule has 7 rings (SSSR count). The van der Waals surface area contributed by atoms with Crippen molar-refractivity contribution < 1.29 is 14.3 Å². The third-order valence-corrected chi connectivity index (χ3v) is 7.32. The van der Waals surface area contributed by atoms with E-state index in [1.165, 1.54) is 0 Å². The second-order valence-electron chi connectivity index (χ2n) is 10.7. The first-order chi connectivity index (χ1) is 16.2. The molecule has 4 fully saturated rings. The molecule has 2 aliphatic carbocycles. The Hall–Kier alpha value is -3.20.